The van der Waals surface area contributed by atoms with E-state index < -0.39 is 5.82 Å². The van der Waals surface area contributed by atoms with Gasteiger partial charge in [0, 0.05) is 6.07 Å². The highest BCUT2D eigenvalue weighted by Gasteiger charge is 2.03. The van der Waals surface area contributed by atoms with Crippen molar-refractivity contribution in [1.29, 1.82) is 0 Å². The van der Waals surface area contributed by atoms with E-state index in [1.807, 2.05) is 0 Å². The predicted molar refractivity (Wildman–Crippen MR) is 38.5 cm³/mol. The summed E-state index contributed by atoms with van der Waals surface area (Å²) in [7, 11) is 1.33. The molecule has 0 aliphatic heterocycles. The van der Waals surface area contributed by atoms with Crippen LogP contribution in [0.2, 0.25) is 0 Å². The number of methoxy groups -OCH3 is 1. The van der Waals surface area contributed by atoms with Crippen LogP contribution in [0.15, 0.2) is 17.3 Å². The number of pyridine rings is 1. The molecule has 0 aliphatic rings. The first-order valence-corrected chi connectivity index (χ1v) is 3.05. The van der Waals surface area contributed by atoms with Crippen LogP contribution < -0.4 is 4.74 Å². The summed E-state index contributed by atoms with van der Waals surface area (Å²) in [5.41, 5.74) is 0. The van der Waals surface area contributed by atoms with E-state index in [0.717, 1.165) is 12.3 Å². The molecule has 0 bridgehead atoms. The Morgan fingerprint density at radius 3 is 3.08 bits per heavy atom. The number of carbonyl (C=O) groups excluding carboxylic acids is 1. The van der Waals surface area contributed by atoms with E-state index in [1.54, 1.807) is 0 Å². The second-order valence-electron chi connectivity index (χ2n) is 1.88. The van der Waals surface area contributed by atoms with Gasteiger partial charge in [0.25, 0.3) is 0 Å². The summed E-state index contributed by atoms with van der Waals surface area (Å²) in [6.07, 6.45) is 2.23. The van der Waals surface area contributed by atoms with Crippen LogP contribution in [0, 0.1) is 5.82 Å². The number of ether oxygens (including phenoxy) is 1. The molecule has 62 valence electrons. The summed E-state index contributed by atoms with van der Waals surface area (Å²) in [6.45, 7) is 0. The van der Waals surface area contributed by atoms with Gasteiger partial charge in [-0.05, 0) is 0 Å². The van der Waals surface area contributed by atoms with Gasteiger partial charge in [0.15, 0.2) is 5.75 Å². The molecule has 0 aliphatic carbocycles. The van der Waals surface area contributed by atoms with Gasteiger partial charge in [-0.15, -0.1) is 4.99 Å². The fraction of sp³-hybridized carbons (Fsp3) is 0.143. The average Bonchev–Trinajstić information content (AvgIpc) is 2.08. The topological polar surface area (TPSA) is 51.6 Å². The van der Waals surface area contributed by atoms with Crippen molar-refractivity contribution >= 4 is 11.9 Å². The average molecular weight is 168 g/mol. The van der Waals surface area contributed by atoms with Gasteiger partial charge in [-0.2, -0.15) is 0 Å². The Hall–Kier alpha value is -1.74. The fourth-order valence-electron chi connectivity index (χ4n) is 0.691. The Bertz CT molecular complexity index is 334. The minimum Gasteiger partial charge on any atom is -0.493 e. The molecule has 0 saturated carbocycles. The second kappa shape index (κ2) is 3.59. The van der Waals surface area contributed by atoms with Crippen LogP contribution in [-0.2, 0) is 4.79 Å². The molecular formula is C7H5FN2O2. The third kappa shape index (κ3) is 1.65. The van der Waals surface area contributed by atoms with E-state index in [1.165, 1.54) is 13.2 Å². The Morgan fingerprint density at radius 2 is 2.50 bits per heavy atom. The Kier molecular flexibility index (Phi) is 2.50. The first-order valence-electron chi connectivity index (χ1n) is 3.05. The number of aliphatic imine (C=N–C) groups is 1. The maximum Gasteiger partial charge on any atom is 0.242 e. The van der Waals surface area contributed by atoms with Crippen LogP contribution in [0.4, 0.5) is 10.2 Å². The van der Waals surface area contributed by atoms with Crippen LogP contribution in [0.25, 0.3) is 0 Å². The quantitative estimate of drug-likeness (QED) is 0.492. The fourth-order valence-corrected chi connectivity index (χ4v) is 0.691. The monoisotopic (exact) mass is 168 g/mol. The van der Waals surface area contributed by atoms with E-state index in [4.69, 9.17) is 4.74 Å². The molecule has 0 unspecified atom stereocenters. The van der Waals surface area contributed by atoms with E-state index in [9.17, 15) is 9.18 Å². The van der Waals surface area contributed by atoms with Crippen molar-refractivity contribution in [2.75, 3.05) is 7.11 Å². The molecule has 0 amide bonds. The van der Waals surface area contributed by atoms with E-state index in [2.05, 4.69) is 9.98 Å². The Morgan fingerprint density at radius 1 is 1.75 bits per heavy atom. The minimum absolute atomic E-state index is 0.0221. The highest BCUT2D eigenvalue weighted by molar-refractivity contribution is 5.52. The van der Waals surface area contributed by atoms with Crippen molar-refractivity contribution < 1.29 is 13.9 Å². The molecule has 0 aromatic carbocycles. The van der Waals surface area contributed by atoms with Crippen LogP contribution in [0.1, 0.15) is 0 Å². The molecule has 1 heterocycles. The molecule has 0 radical (unpaired) electrons. The van der Waals surface area contributed by atoms with E-state index in [-0.39, 0.29) is 11.6 Å². The number of hydrogen-bond donors (Lipinski definition) is 0. The van der Waals surface area contributed by atoms with E-state index in [0.29, 0.717) is 0 Å². The summed E-state index contributed by atoms with van der Waals surface area (Å²) in [5.74, 6) is -0.413. The zero-order chi connectivity index (χ0) is 8.97. The molecule has 0 N–H and O–H groups in total. The summed E-state index contributed by atoms with van der Waals surface area (Å²) >= 11 is 0. The van der Waals surface area contributed by atoms with Gasteiger partial charge in [0.05, 0.1) is 13.3 Å². The van der Waals surface area contributed by atoms with Crippen molar-refractivity contribution in [3.05, 3.63) is 18.1 Å². The van der Waals surface area contributed by atoms with Crippen molar-refractivity contribution in [2.24, 2.45) is 4.99 Å². The molecule has 1 aromatic heterocycles. The van der Waals surface area contributed by atoms with Gasteiger partial charge >= 0.3 is 0 Å². The number of halogens is 1. The number of aromatic nitrogens is 1. The Labute approximate surface area is 67.7 Å². The zero-order valence-corrected chi connectivity index (χ0v) is 6.24. The molecule has 0 fully saturated rings. The molecule has 1 aromatic rings. The maximum atomic E-state index is 12.5. The second-order valence-corrected chi connectivity index (χ2v) is 1.88. The van der Waals surface area contributed by atoms with Gasteiger partial charge in [-0.25, -0.2) is 14.2 Å². The SMILES string of the molecule is COc1cc(F)cnc1N=C=O. The smallest absolute Gasteiger partial charge is 0.242 e. The number of hydrogen-bond acceptors (Lipinski definition) is 4. The van der Waals surface area contributed by atoms with Gasteiger partial charge in [-0.3, -0.25) is 0 Å². The normalized spacial score (nSPS) is 8.83. The lowest BCUT2D eigenvalue weighted by Gasteiger charge is -2.00. The first-order chi connectivity index (χ1) is 5.77. The largest absolute Gasteiger partial charge is 0.493 e. The summed E-state index contributed by atoms with van der Waals surface area (Å²) in [5, 5.41) is 0. The number of rotatable bonds is 2. The molecule has 1 rings (SSSR count). The molecule has 0 spiro atoms. The summed E-state index contributed by atoms with van der Waals surface area (Å²) in [4.78, 5) is 16.6. The lowest BCUT2D eigenvalue weighted by molar-refractivity contribution is 0.410. The van der Waals surface area contributed by atoms with Crippen LogP contribution in [0.5, 0.6) is 5.75 Å². The highest BCUT2D eigenvalue weighted by Crippen LogP contribution is 2.23. The third-order valence-electron chi connectivity index (χ3n) is 1.17. The van der Waals surface area contributed by atoms with Crippen LogP contribution >= 0.6 is 0 Å². The van der Waals surface area contributed by atoms with Crippen molar-refractivity contribution in [3.63, 3.8) is 0 Å². The zero-order valence-electron chi connectivity index (χ0n) is 6.24. The molecular weight excluding hydrogens is 163 g/mol. The Balaban J connectivity index is 3.19. The van der Waals surface area contributed by atoms with Crippen molar-refractivity contribution in [3.8, 4) is 5.75 Å². The van der Waals surface area contributed by atoms with Gasteiger partial charge in [0.2, 0.25) is 11.9 Å². The minimum atomic E-state index is -0.545. The summed E-state index contributed by atoms with van der Waals surface area (Å²) in [6, 6.07) is 1.09. The van der Waals surface area contributed by atoms with Gasteiger partial charge in [0.1, 0.15) is 5.82 Å². The van der Waals surface area contributed by atoms with Crippen LogP contribution in [-0.4, -0.2) is 18.2 Å². The number of isocyanates is 1. The van der Waals surface area contributed by atoms with Crippen molar-refractivity contribution in [1.82, 2.24) is 4.98 Å². The number of nitrogens with zero attached hydrogens (tertiary/aromatic N) is 2. The molecule has 5 heteroatoms. The molecule has 0 saturated heterocycles. The van der Waals surface area contributed by atoms with E-state index >= 15 is 0 Å². The van der Waals surface area contributed by atoms with Crippen LogP contribution in [0.3, 0.4) is 0 Å². The van der Waals surface area contributed by atoms with Gasteiger partial charge in [-0.1, -0.05) is 0 Å². The van der Waals surface area contributed by atoms with Crippen molar-refractivity contribution in [2.45, 2.75) is 0 Å². The predicted octanol–water partition coefficient (Wildman–Crippen LogP) is 1.20. The lowest BCUT2D eigenvalue weighted by Crippen LogP contribution is -1.87. The third-order valence-corrected chi connectivity index (χ3v) is 1.17. The van der Waals surface area contributed by atoms with Gasteiger partial charge < -0.3 is 4.74 Å². The molecule has 12 heavy (non-hydrogen) atoms. The maximum absolute atomic E-state index is 12.5. The molecule has 4 nitrogen and oxygen atoms in total. The summed E-state index contributed by atoms with van der Waals surface area (Å²) < 4.78 is 17.2. The highest BCUT2D eigenvalue weighted by atomic mass is 19.1. The standard InChI is InChI=1S/C7H5FN2O2/c1-12-6-2-5(8)3-9-7(6)10-4-11/h2-3H,1H3. The first kappa shape index (κ1) is 8.36. The lowest BCUT2D eigenvalue weighted by atomic mass is 10.4. The molecule has 0 atom stereocenters.